The third-order valence-corrected chi connectivity index (χ3v) is 2.61. The standard InChI is InChI=1S/C13H22N2O/c1-5-15(8-10(2)3)9-13-6-12(7-14)11(4)16-13/h6H,2,5,7-9,14H2,1,3-4H3. The SMILES string of the molecule is C=C(C)CN(CC)Cc1cc(CN)c(C)o1. The molecule has 0 spiro atoms. The van der Waals surface area contributed by atoms with E-state index in [1.165, 1.54) is 5.57 Å². The van der Waals surface area contributed by atoms with E-state index in [2.05, 4.69) is 24.5 Å². The van der Waals surface area contributed by atoms with E-state index >= 15 is 0 Å². The van der Waals surface area contributed by atoms with E-state index in [9.17, 15) is 0 Å². The fourth-order valence-electron chi connectivity index (χ4n) is 1.75. The Morgan fingerprint density at radius 2 is 2.25 bits per heavy atom. The number of likely N-dealkylation sites (N-methyl/N-ethyl adjacent to an activating group) is 1. The van der Waals surface area contributed by atoms with Crippen LogP contribution in [-0.2, 0) is 13.1 Å². The summed E-state index contributed by atoms with van der Waals surface area (Å²) in [4.78, 5) is 2.29. The van der Waals surface area contributed by atoms with Crippen molar-refractivity contribution in [2.45, 2.75) is 33.9 Å². The van der Waals surface area contributed by atoms with Crippen LogP contribution in [0.5, 0.6) is 0 Å². The van der Waals surface area contributed by atoms with Crippen molar-refractivity contribution in [2.75, 3.05) is 13.1 Å². The van der Waals surface area contributed by atoms with Crippen LogP contribution in [0.1, 0.15) is 30.9 Å². The van der Waals surface area contributed by atoms with E-state index < -0.39 is 0 Å². The highest BCUT2D eigenvalue weighted by atomic mass is 16.3. The molecule has 0 bridgehead atoms. The fourth-order valence-corrected chi connectivity index (χ4v) is 1.75. The van der Waals surface area contributed by atoms with Crippen LogP contribution in [-0.4, -0.2) is 18.0 Å². The van der Waals surface area contributed by atoms with Gasteiger partial charge in [-0.2, -0.15) is 0 Å². The average Bonchev–Trinajstić information content (AvgIpc) is 2.57. The molecule has 3 heteroatoms. The van der Waals surface area contributed by atoms with Crippen LogP contribution in [0.2, 0.25) is 0 Å². The minimum Gasteiger partial charge on any atom is -0.465 e. The van der Waals surface area contributed by atoms with Crippen molar-refractivity contribution in [3.8, 4) is 0 Å². The largest absolute Gasteiger partial charge is 0.465 e. The summed E-state index contributed by atoms with van der Waals surface area (Å²) >= 11 is 0. The maximum atomic E-state index is 5.67. The summed E-state index contributed by atoms with van der Waals surface area (Å²) < 4.78 is 5.67. The first-order valence-electron chi connectivity index (χ1n) is 5.71. The second-order valence-electron chi connectivity index (χ2n) is 4.26. The van der Waals surface area contributed by atoms with E-state index in [0.29, 0.717) is 6.54 Å². The maximum Gasteiger partial charge on any atom is 0.118 e. The van der Waals surface area contributed by atoms with Gasteiger partial charge in [-0.25, -0.2) is 0 Å². The Labute approximate surface area is 97.9 Å². The summed E-state index contributed by atoms with van der Waals surface area (Å²) in [7, 11) is 0. The first kappa shape index (κ1) is 13.0. The number of furan rings is 1. The number of hydrogen-bond donors (Lipinski definition) is 1. The van der Waals surface area contributed by atoms with Gasteiger partial charge in [0.2, 0.25) is 0 Å². The fraction of sp³-hybridized carbons (Fsp3) is 0.538. The Bertz CT molecular complexity index is 355. The van der Waals surface area contributed by atoms with E-state index in [1.807, 2.05) is 13.8 Å². The predicted octanol–water partition coefficient (Wildman–Crippen LogP) is 2.44. The lowest BCUT2D eigenvalue weighted by Crippen LogP contribution is -2.24. The summed E-state index contributed by atoms with van der Waals surface area (Å²) in [5.74, 6) is 1.92. The van der Waals surface area contributed by atoms with Crippen LogP contribution in [0.4, 0.5) is 0 Å². The summed E-state index contributed by atoms with van der Waals surface area (Å²) in [6, 6.07) is 2.05. The molecule has 1 heterocycles. The van der Waals surface area contributed by atoms with Crippen molar-refractivity contribution >= 4 is 0 Å². The second-order valence-corrected chi connectivity index (χ2v) is 4.26. The third-order valence-electron chi connectivity index (χ3n) is 2.61. The quantitative estimate of drug-likeness (QED) is 0.752. The van der Waals surface area contributed by atoms with E-state index in [1.54, 1.807) is 0 Å². The molecule has 0 saturated carbocycles. The van der Waals surface area contributed by atoms with Gasteiger partial charge in [-0.3, -0.25) is 4.90 Å². The number of nitrogens with two attached hydrogens (primary N) is 1. The molecule has 0 saturated heterocycles. The molecule has 1 aromatic rings. The number of nitrogens with zero attached hydrogens (tertiary/aromatic N) is 1. The Kier molecular flexibility index (Phi) is 4.77. The van der Waals surface area contributed by atoms with Gasteiger partial charge >= 0.3 is 0 Å². The smallest absolute Gasteiger partial charge is 0.118 e. The highest BCUT2D eigenvalue weighted by molar-refractivity contribution is 5.20. The number of hydrogen-bond acceptors (Lipinski definition) is 3. The summed E-state index contributed by atoms with van der Waals surface area (Å²) in [6.07, 6.45) is 0. The molecule has 1 aromatic heterocycles. The molecular weight excluding hydrogens is 200 g/mol. The van der Waals surface area contributed by atoms with E-state index in [-0.39, 0.29) is 0 Å². The molecule has 0 aliphatic rings. The zero-order valence-corrected chi connectivity index (χ0v) is 10.5. The normalized spacial score (nSPS) is 11.1. The van der Waals surface area contributed by atoms with Gasteiger partial charge in [0.25, 0.3) is 0 Å². The first-order chi connectivity index (χ1) is 7.56. The van der Waals surface area contributed by atoms with Crippen LogP contribution in [0.25, 0.3) is 0 Å². The molecule has 0 radical (unpaired) electrons. The Morgan fingerprint density at radius 1 is 1.56 bits per heavy atom. The molecule has 0 aliphatic heterocycles. The Balaban J connectivity index is 2.66. The van der Waals surface area contributed by atoms with Gasteiger partial charge in [-0.15, -0.1) is 0 Å². The van der Waals surface area contributed by atoms with Gasteiger partial charge in [0.15, 0.2) is 0 Å². The van der Waals surface area contributed by atoms with Crippen molar-refractivity contribution in [3.05, 3.63) is 35.3 Å². The lowest BCUT2D eigenvalue weighted by Gasteiger charge is -2.18. The maximum absolute atomic E-state index is 5.67. The molecule has 0 amide bonds. The molecule has 1 rings (SSSR count). The van der Waals surface area contributed by atoms with Crippen molar-refractivity contribution in [1.82, 2.24) is 4.90 Å². The van der Waals surface area contributed by atoms with Crippen LogP contribution >= 0.6 is 0 Å². The van der Waals surface area contributed by atoms with Crippen molar-refractivity contribution in [1.29, 1.82) is 0 Å². The van der Waals surface area contributed by atoms with Crippen molar-refractivity contribution < 1.29 is 4.42 Å². The molecule has 0 unspecified atom stereocenters. The van der Waals surface area contributed by atoms with E-state index in [0.717, 1.165) is 36.7 Å². The molecule has 0 aromatic carbocycles. The van der Waals surface area contributed by atoms with Crippen LogP contribution < -0.4 is 5.73 Å². The lowest BCUT2D eigenvalue weighted by molar-refractivity contribution is 0.274. The van der Waals surface area contributed by atoms with Gasteiger partial charge in [0.05, 0.1) is 6.54 Å². The Hall–Kier alpha value is -1.06. The van der Waals surface area contributed by atoms with Crippen LogP contribution in [0.3, 0.4) is 0 Å². The number of rotatable bonds is 6. The van der Waals surface area contributed by atoms with Gasteiger partial charge < -0.3 is 10.2 Å². The zero-order valence-electron chi connectivity index (χ0n) is 10.5. The minimum atomic E-state index is 0.544. The van der Waals surface area contributed by atoms with Crippen LogP contribution in [0, 0.1) is 6.92 Å². The van der Waals surface area contributed by atoms with Crippen molar-refractivity contribution in [2.24, 2.45) is 5.73 Å². The van der Waals surface area contributed by atoms with Gasteiger partial charge in [0.1, 0.15) is 11.5 Å². The summed E-state index contributed by atoms with van der Waals surface area (Å²) in [5, 5.41) is 0. The highest BCUT2D eigenvalue weighted by Gasteiger charge is 2.09. The molecule has 0 fully saturated rings. The minimum absolute atomic E-state index is 0.544. The molecule has 0 aliphatic carbocycles. The zero-order chi connectivity index (χ0) is 12.1. The average molecular weight is 222 g/mol. The van der Waals surface area contributed by atoms with Crippen LogP contribution in [0.15, 0.2) is 22.6 Å². The molecule has 90 valence electrons. The lowest BCUT2D eigenvalue weighted by atomic mass is 10.2. The molecular formula is C13H22N2O. The Morgan fingerprint density at radius 3 is 2.69 bits per heavy atom. The third kappa shape index (κ3) is 3.51. The predicted molar refractivity (Wildman–Crippen MR) is 67.1 cm³/mol. The first-order valence-corrected chi connectivity index (χ1v) is 5.71. The summed E-state index contributed by atoms with van der Waals surface area (Å²) in [6.45, 7) is 13.3. The van der Waals surface area contributed by atoms with Gasteiger partial charge in [-0.05, 0) is 26.5 Å². The molecule has 2 N–H and O–H groups in total. The van der Waals surface area contributed by atoms with Gasteiger partial charge in [0, 0.05) is 18.7 Å². The molecule has 0 atom stereocenters. The van der Waals surface area contributed by atoms with Crippen molar-refractivity contribution in [3.63, 3.8) is 0 Å². The second kappa shape index (κ2) is 5.87. The van der Waals surface area contributed by atoms with Gasteiger partial charge in [-0.1, -0.05) is 19.1 Å². The highest BCUT2D eigenvalue weighted by Crippen LogP contribution is 2.16. The molecule has 3 nitrogen and oxygen atoms in total. The van der Waals surface area contributed by atoms with E-state index in [4.69, 9.17) is 10.2 Å². The molecule has 16 heavy (non-hydrogen) atoms. The topological polar surface area (TPSA) is 42.4 Å². The number of aryl methyl sites for hydroxylation is 1. The summed E-state index contributed by atoms with van der Waals surface area (Å²) in [5.41, 5.74) is 7.89. The monoisotopic (exact) mass is 222 g/mol.